The number of hydrogen-bond acceptors (Lipinski definition) is 5. The van der Waals surface area contributed by atoms with Crippen molar-refractivity contribution < 1.29 is 4.52 Å². The van der Waals surface area contributed by atoms with Crippen LogP contribution in [0.3, 0.4) is 0 Å². The molecule has 2 rings (SSSR count). The first kappa shape index (κ1) is 14.1. The normalized spacial score (nSPS) is 12.8. The molecule has 4 nitrogen and oxygen atoms in total. The van der Waals surface area contributed by atoms with Crippen molar-refractivity contribution in [2.45, 2.75) is 30.4 Å². The van der Waals surface area contributed by atoms with Gasteiger partial charge < -0.3 is 10.3 Å². The lowest BCUT2D eigenvalue weighted by Crippen LogP contribution is -2.18. The van der Waals surface area contributed by atoms with Crippen molar-refractivity contribution in [3.05, 3.63) is 42.0 Å². The standard InChI is InChI=1S/C14H19N3OS/c1-10(2)12(8-15)14-16-13(17-18-14)9-19-11-6-4-3-5-7-11/h3-7,10,12H,8-9,15H2,1-2H3. The molecule has 0 aliphatic heterocycles. The second kappa shape index (κ2) is 6.73. The van der Waals surface area contributed by atoms with Crippen LogP contribution in [-0.4, -0.2) is 16.7 Å². The van der Waals surface area contributed by atoms with E-state index in [1.165, 1.54) is 4.90 Å². The van der Waals surface area contributed by atoms with Crippen LogP contribution >= 0.6 is 11.8 Å². The fourth-order valence-electron chi connectivity index (χ4n) is 1.80. The molecule has 2 aromatic rings. The van der Waals surface area contributed by atoms with Gasteiger partial charge in [0.1, 0.15) is 0 Å². The Hall–Kier alpha value is -1.33. The minimum absolute atomic E-state index is 0.142. The molecule has 0 saturated heterocycles. The summed E-state index contributed by atoms with van der Waals surface area (Å²) in [6, 6.07) is 10.2. The first-order valence-electron chi connectivity index (χ1n) is 6.41. The van der Waals surface area contributed by atoms with Gasteiger partial charge in [-0.1, -0.05) is 37.2 Å². The summed E-state index contributed by atoms with van der Waals surface area (Å²) in [5.74, 6) is 2.63. The summed E-state index contributed by atoms with van der Waals surface area (Å²) in [4.78, 5) is 5.64. The molecule has 102 valence electrons. The van der Waals surface area contributed by atoms with Gasteiger partial charge in [-0.3, -0.25) is 0 Å². The van der Waals surface area contributed by atoms with Gasteiger partial charge in [0.25, 0.3) is 0 Å². The van der Waals surface area contributed by atoms with Crippen LogP contribution in [0.25, 0.3) is 0 Å². The van der Waals surface area contributed by atoms with Crippen LogP contribution in [0.2, 0.25) is 0 Å². The van der Waals surface area contributed by atoms with Gasteiger partial charge in [0, 0.05) is 11.4 Å². The number of nitrogens with two attached hydrogens (primary N) is 1. The van der Waals surface area contributed by atoms with E-state index >= 15 is 0 Å². The molecule has 0 fully saturated rings. The zero-order valence-corrected chi connectivity index (χ0v) is 12.1. The Morgan fingerprint density at radius 2 is 2.00 bits per heavy atom. The number of benzene rings is 1. The highest BCUT2D eigenvalue weighted by Crippen LogP contribution is 2.24. The summed E-state index contributed by atoms with van der Waals surface area (Å²) in [7, 11) is 0. The van der Waals surface area contributed by atoms with Crippen LogP contribution < -0.4 is 5.73 Å². The van der Waals surface area contributed by atoms with Gasteiger partial charge in [0.2, 0.25) is 5.89 Å². The van der Waals surface area contributed by atoms with Crippen molar-refractivity contribution in [3.63, 3.8) is 0 Å². The van der Waals surface area contributed by atoms with Gasteiger partial charge in [-0.05, 0) is 18.1 Å². The highest BCUT2D eigenvalue weighted by atomic mass is 32.2. The molecule has 1 aromatic heterocycles. The average molecular weight is 277 g/mol. The second-order valence-electron chi connectivity index (χ2n) is 4.74. The summed E-state index contributed by atoms with van der Waals surface area (Å²) in [6.07, 6.45) is 0. The first-order chi connectivity index (χ1) is 9.20. The van der Waals surface area contributed by atoms with E-state index in [9.17, 15) is 0 Å². The Labute approximate surface area is 117 Å². The van der Waals surface area contributed by atoms with E-state index in [1.54, 1.807) is 11.8 Å². The van der Waals surface area contributed by atoms with Crippen LogP contribution in [0.5, 0.6) is 0 Å². The van der Waals surface area contributed by atoms with E-state index in [2.05, 4.69) is 36.1 Å². The molecule has 0 saturated carbocycles. The van der Waals surface area contributed by atoms with Crippen molar-refractivity contribution in [2.75, 3.05) is 6.54 Å². The monoisotopic (exact) mass is 277 g/mol. The lowest BCUT2D eigenvalue weighted by Gasteiger charge is -2.13. The largest absolute Gasteiger partial charge is 0.339 e. The minimum Gasteiger partial charge on any atom is -0.339 e. The molecule has 0 radical (unpaired) electrons. The van der Waals surface area contributed by atoms with Gasteiger partial charge in [0.05, 0.1) is 11.7 Å². The summed E-state index contributed by atoms with van der Waals surface area (Å²) >= 11 is 1.70. The summed E-state index contributed by atoms with van der Waals surface area (Å²) in [6.45, 7) is 4.76. The molecule has 19 heavy (non-hydrogen) atoms. The Morgan fingerprint density at radius 3 is 2.63 bits per heavy atom. The maximum Gasteiger partial charge on any atom is 0.231 e. The van der Waals surface area contributed by atoms with Gasteiger partial charge in [-0.2, -0.15) is 4.98 Å². The average Bonchev–Trinajstić information content (AvgIpc) is 2.87. The molecule has 2 N–H and O–H groups in total. The third kappa shape index (κ3) is 3.81. The van der Waals surface area contributed by atoms with Crippen LogP contribution in [0.4, 0.5) is 0 Å². The van der Waals surface area contributed by atoms with Crippen molar-refractivity contribution in [1.29, 1.82) is 0 Å². The molecule has 0 amide bonds. The molecule has 0 aliphatic rings. The first-order valence-corrected chi connectivity index (χ1v) is 7.39. The Bertz CT molecular complexity index is 498. The minimum atomic E-state index is 0.142. The third-order valence-corrected chi connectivity index (χ3v) is 3.98. The summed E-state index contributed by atoms with van der Waals surface area (Å²) < 4.78 is 5.31. The summed E-state index contributed by atoms with van der Waals surface area (Å²) in [5, 5.41) is 4.02. The zero-order valence-electron chi connectivity index (χ0n) is 11.2. The fourth-order valence-corrected chi connectivity index (χ4v) is 2.56. The highest BCUT2D eigenvalue weighted by Gasteiger charge is 2.20. The van der Waals surface area contributed by atoms with Gasteiger partial charge in [0.15, 0.2) is 5.82 Å². The fraction of sp³-hybridized carbons (Fsp3) is 0.429. The quantitative estimate of drug-likeness (QED) is 0.822. The number of thioether (sulfide) groups is 1. The predicted octanol–water partition coefficient (Wildman–Crippen LogP) is 3.06. The molecule has 1 heterocycles. The van der Waals surface area contributed by atoms with E-state index in [0.717, 1.165) is 5.82 Å². The Morgan fingerprint density at radius 1 is 1.26 bits per heavy atom. The number of aromatic nitrogens is 2. The van der Waals surface area contributed by atoms with Crippen LogP contribution in [0, 0.1) is 5.92 Å². The number of rotatable bonds is 6. The van der Waals surface area contributed by atoms with Crippen LogP contribution in [0.1, 0.15) is 31.5 Å². The molecule has 1 aromatic carbocycles. The lowest BCUT2D eigenvalue weighted by atomic mass is 9.96. The highest BCUT2D eigenvalue weighted by molar-refractivity contribution is 7.98. The van der Waals surface area contributed by atoms with Crippen molar-refractivity contribution in [2.24, 2.45) is 11.7 Å². The van der Waals surface area contributed by atoms with Crippen LogP contribution in [-0.2, 0) is 5.75 Å². The molecule has 0 bridgehead atoms. The third-order valence-electron chi connectivity index (χ3n) is 2.97. The summed E-state index contributed by atoms with van der Waals surface area (Å²) in [5.41, 5.74) is 5.75. The molecular formula is C14H19N3OS. The molecule has 0 spiro atoms. The van der Waals surface area contributed by atoms with Gasteiger partial charge in [-0.25, -0.2) is 0 Å². The Kier molecular flexibility index (Phi) is 4.99. The molecule has 1 atom stereocenters. The predicted molar refractivity (Wildman–Crippen MR) is 76.9 cm³/mol. The van der Waals surface area contributed by atoms with E-state index in [1.807, 2.05) is 18.2 Å². The molecule has 1 unspecified atom stereocenters. The van der Waals surface area contributed by atoms with E-state index in [-0.39, 0.29) is 5.92 Å². The van der Waals surface area contributed by atoms with Crippen LogP contribution in [0.15, 0.2) is 39.8 Å². The van der Waals surface area contributed by atoms with Gasteiger partial charge in [-0.15, -0.1) is 11.8 Å². The Balaban J connectivity index is 1.97. The maximum absolute atomic E-state index is 5.75. The van der Waals surface area contributed by atoms with Gasteiger partial charge >= 0.3 is 0 Å². The number of hydrogen-bond donors (Lipinski definition) is 1. The number of nitrogens with zero attached hydrogens (tertiary/aromatic N) is 2. The van der Waals surface area contributed by atoms with Crippen molar-refractivity contribution >= 4 is 11.8 Å². The van der Waals surface area contributed by atoms with E-state index in [0.29, 0.717) is 24.1 Å². The smallest absolute Gasteiger partial charge is 0.231 e. The zero-order chi connectivity index (χ0) is 13.7. The van der Waals surface area contributed by atoms with E-state index in [4.69, 9.17) is 10.3 Å². The maximum atomic E-state index is 5.75. The molecule has 5 heteroatoms. The molecular weight excluding hydrogens is 258 g/mol. The van der Waals surface area contributed by atoms with E-state index < -0.39 is 0 Å². The molecule has 0 aliphatic carbocycles. The SMILES string of the molecule is CC(C)C(CN)c1nc(CSc2ccccc2)no1. The van der Waals surface area contributed by atoms with Crippen molar-refractivity contribution in [3.8, 4) is 0 Å². The lowest BCUT2D eigenvalue weighted by molar-refractivity contribution is 0.322. The second-order valence-corrected chi connectivity index (χ2v) is 5.79. The topological polar surface area (TPSA) is 64.9 Å². The van der Waals surface area contributed by atoms with Crippen molar-refractivity contribution in [1.82, 2.24) is 10.1 Å².